The van der Waals surface area contributed by atoms with Crippen LogP contribution < -0.4 is 5.32 Å². The zero-order chi connectivity index (χ0) is 30.9. The Morgan fingerprint density at radius 2 is 1.81 bits per heavy atom. The maximum absolute atomic E-state index is 12.9. The lowest BCUT2D eigenvalue weighted by molar-refractivity contribution is -0.148. The quantitative estimate of drug-likeness (QED) is 0.243. The molecule has 1 unspecified atom stereocenters. The molecule has 43 heavy (non-hydrogen) atoms. The number of urea groups is 1. The highest BCUT2D eigenvalue weighted by atomic mass is 19.4. The Labute approximate surface area is 248 Å². The van der Waals surface area contributed by atoms with E-state index in [9.17, 15) is 22.8 Å². The highest BCUT2D eigenvalue weighted by molar-refractivity contribution is 5.78. The van der Waals surface area contributed by atoms with Crippen molar-refractivity contribution in [2.24, 2.45) is 11.8 Å². The maximum Gasteiger partial charge on any atom is 0.405 e. The average Bonchev–Trinajstić information content (AvgIpc) is 3.70. The first-order chi connectivity index (χ1) is 20.4. The molecule has 12 heteroatoms. The molecule has 0 bridgehead atoms. The fraction of sp³-hybridized carbons (Fsp3) is 0.484. The maximum atomic E-state index is 12.9. The van der Waals surface area contributed by atoms with Gasteiger partial charge in [0.05, 0.1) is 17.6 Å². The first-order valence-electron chi connectivity index (χ1n) is 14.6. The topological polar surface area (TPSA) is 93.8 Å². The second-order valence-electron chi connectivity index (χ2n) is 11.7. The van der Waals surface area contributed by atoms with Gasteiger partial charge in [0.25, 0.3) is 0 Å². The second kappa shape index (κ2) is 12.3. The number of carbonyl (C=O) groups excluding carboxylic acids is 2. The number of likely N-dealkylation sites (tertiary alicyclic amines) is 1. The van der Waals surface area contributed by atoms with E-state index in [0.717, 1.165) is 29.6 Å². The molecule has 1 aliphatic heterocycles. The predicted octanol–water partition coefficient (Wildman–Crippen LogP) is 5.88. The van der Waals surface area contributed by atoms with E-state index in [1.54, 1.807) is 23.2 Å². The lowest BCUT2D eigenvalue weighted by atomic mass is 9.91. The van der Waals surface area contributed by atoms with E-state index in [1.165, 1.54) is 10.5 Å². The zero-order valence-corrected chi connectivity index (χ0v) is 24.8. The highest BCUT2D eigenvalue weighted by Crippen LogP contribution is 2.36. The number of nitrogens with one attached hydrogen (secondary N) is 1. The van der Waals surface area contributed by atoms with Gasteiger partial charge in [-0.05, 0) is 42.4 Å². The van der Waals surface area contributed by atoms with Crippen LogP contribution in [0.1, 0.15) is 62.8 Å². The third-order valence-electron chi connectivity index (χ3n) is 8.17. The van der Waals surface area contributed by atoms with Crippen LogP contribution in [0.15, 0.2) is 48.9 Å². The molecule has 1 fully saturated rings. The van der Waals surface area contributed by atoms with Crippen molar-refractivity contribution in [1.29, 1.82) is 0 Å². The van der Waals surface area contributed by atoms with Crippen molar-refractivity contribution >= 4 is 28.8 Å². The summed E-state index contributed by atoms with van der Waals surface area (Å²) in [7, 11) is 0. The average molecular weight is 599 g/mol. The van der Waals surface area contributed by atoms with Gasteiger partial charge in [-0.1, -0.05) is 51.5 Å². The van der Waals surface area contributed by atoms with Crippen LogP contribution in [-0.4, -0.2) is 61.6 Å². The molecule has 1 aromatic carbocycles. The second-order valence-corrected chi connectivity index (χ2v) is 11.7. The smallest absolute Gasteiger partial charge is 0.405 e. The molecule has 3 atom stereocenters. The Hall–Kier alpha value is -4.09. The van der Waals surface area contributed by atoms with E-state index in [4.69, 9.17) is 4.74 Å². The first-order valence-corrected chi connectivity index (χ1v) is 14.6. The number of ether oxygens (including phenoxy) is 1. The van der Waals surface area contributed by atoms with Crippen LogP contribution >= 0.6 is 0 Å². The van der Waals surface area contributed by atoms with Crippen LogP contribution in [0.2, 0.25) is 0 Å². The summed E-state index contributed by atoms with van der Waals surface area (Å²) >= 11 is 0. The normalized spacial score (nSPS) is 18.1. The standard InChI is InChI=1S/C31H37F3N6O3/c1-5-22-15-39(30(42)37-17-31(32,33)34)16-24(22)26-13-35-27-14-36-28-25(40(26)27)10-11-38(28)18-43-29(41)20(4)23-8-6-21(7-9-23)12-19(2)3/h6-11,13-14,19-20,22,24H,5,12,15-18H2,1-4H3,(H,37,42)/t20?,22-,24+/m1/s1. The van der Waals surface area contributed by atoms with Gasteiger partial charge >= 0.3 is 18.2 Å². The molecule has 1 aliphatic rings. The Kier molecular flexibility index (Phi) is 8.66. The number of hydrogen-bond acceptors (Lipinski definition) is 5. The molecule has 4 aromatic rings. The van der Waals surface area contributed by atoms with Gasteiger partial charge in [-0.2, -0.15) is 13.2 Å². The third kappa shape index (κ3) is 6.62. The first kappa shape index (κ1) is 30.4. The molecule has 230 valence electrons. The molecular formula is C31H37F3N6O3. The lowest BCUT2D eigenvalue weighted by Gasteiger charge is -2.18. The largest absolute Gasteiger partial charge is 0.443 e. The van der Waals surface area contributed by atoms with E-state index in [2.05, 4.69) is 35.9 Å². The number of halogens is 3. The summed E-state index contributed by atoms with van der Waals surface area (Å²) in [5.41, 5.74) is 4.93. The molecule has 1 saturated heterocycles. The van der Waals surface area contributed by atoms with Gasteiger partial charge in [-0.3, -0.25) is 13.8 Å². The van der Waals surface area contributed by atoms with E-state index >= 15 is 0 Å². The van der Waals surface area contributed by atoms with Gasteiger partial charge in [0.1, 0.15) is 6.54 Å². The number of alkyl halides is 3. The molecule has 5 rings (SSSR count). The minimum absolute atomic E-state index is 0.0190. The van der Waals surface area contributed by atoms with Gasteiger partial charge in [-0.25, -0.2) is 14.8 Å². The number of nitrogens with zero attached hydrogens (tertiary/aromatic N) is 5. The Bertz CT molecular complexity index is 1590. The number of imidazole rings is 1. The summed E-state index contributed by atoms with van der Waals surface area (Å²) in [6.45, 7) is 7.40. The SMILES string of the molecule is CC[C@@H]1CN(C(=O)NCC(F)(F)F)C[C@@H]1c1cnc2cnc3c(ccn3COC(=O)C(C)c3ccc(CC(C)C)cc3)n12. The molecule has 1 N–H and O–H groups in total. The number of rotatable bonds is 9. The van der Waals surface area contributed by atoms with Crippen molar-refractivity contribution in [3.8, 4) is 0 Å². The van der Waals surface area contributed by atoms with E-state index < -0.39 is 24.7 Å². The van der Waals surface area contributed by atoms with E-state index in [0.29, 0.717) is 23.8 Å². The predicted molar refractivity (Wildman–Crippen MR) is 156 cm³/mol. The summed E-state index contributed by atoms with van der Waals surface area (Å²) in [4.78, 5) is 35.9. The molecule has 3 aromatic heterocycles. The Balaban J connectivity index is 1.31. The fourth-order valence-electron chi connectivity index (χ4n) is 5.87. The summed E-state index contributed by atoms with van der Waals surface area (Å²) in [5.74, 6) is -0.306. The number of benzene rings is 1. The van der Waals surface area contributed by atoms with Crippen LogP contribution in [0.25, 0.3) is 16.8 Å². The van der Waals surface area contributed by atoms with Crippen molar-refractivity contribution in [3.05, 3.63) is 65.7 Å². The van der Waals surface area contributed by atoms with Gasteiger partial charge < -0.3 is 15.0 Å². The summed E-state index contributed by atoms with van der Waals surface area (Å²) in [5, 5.41) is 1.98. The molecule has 4 heterocycles. The van der Waals surface area contributed by atoms with Crippen LogP contribution in [-0.2, 0) is 22.7 Å². The van der Waals surface area contributed by atoms with Crippen LogP contribution in [0.3, 0.4) is 0 Å². The molecule has 2 amide bonds. The molecule has 0 radical (unpaired) electrons. The van der Waals surface area contributed by atoms with E-state index in [1.807, 2.05) is 41.8 Å². The highest BCUT2D eigenvalue weighted by Gasteiger charge is 2.38. The monoisotopic (exact) mass is 598 g/mol. The fourth-order valence-corrected chi connectivity index (χ4v) is 5.87. The summed E-state index contributed by atoms with van der Waals surface area (Å²) in [6, 6.07) is 9.20. The number of esters is 1. The molecule has 9 nitrogen and oxygen atoms in total. The van der Waals surface area contributed by atoms with Crippen molar-refractivity contribution in [3.63, 3.8) is 0 Å². The Morgan fingerprint density at radius 1 is 1.07 bits per heavy atom. The van der Waals surface area contributed by atoms with Gasteiger partial charge in [0.2, 0.25) is 0 Å². The number of fused-ring (bicyclic) bond motifs is 3. The van der Waals surface area contributed by atoms with E-state index in [-0.39, 0.29) is 31.1 Å². The van der Waals surface area contributed by atoms with Gasteiger partial charge in [0.15, 0.2) is 18.0 Å². The van der Waals surface area contributed by atoms with Crippen LogP contribution in [0.4, 0.5) is 18.0 Å². The van der Waals surface area contributed by atoms with Crippen molar-refractivity contribution in [2.45, 2.75) is 65.3 Å². The molecular weight excluding hydrogens is 561 g/mol. The molecule has 0 saturated carbocycles. The van der Waals surface area contributed by atoms with Gasteiger partial charge in [0, 0.05) is 37.1 Å². The van der Waals surface area contributed by atoms with Gasteiger partial charge in [-0.15, -0.1) is 0 Å². The van der Waals surface area contributed by atoms with Crippen molar-refractivity contribution in [2.75, 3.05) is 19.6 Å². The van der Waals surface area contributed by atoms with Crippen molar-refractivity contribution in [1.82, 2.24) is 29.2 Å². The Morgan fingerprint density at radius 3 is 2.49 bits per heavy atom. The zero-order valence-electron chi connectivity index (χ0n) is 24.8. The summed E-state index contributed by atoms with van der Waals surface area (Å²) in [6.07, 6.45) is 2.42. The number of carbonyl (C=O) groups is 2. The minimum Gasteiger partial charge on any atom is -0.443 e. The summed E-state index contributed by atoms with van der Waals surface area (Å²) < 4.78 is 47.4. The molecule has 0 spiro atoms. The third-order valence-corrected chi connectivity index (χ3v) is 8.17. The van der Waals surface area contributed by atoms with Crippen LogP contribution in [0.5, 0.6) is 0 Å². The number of amides is 2. The lowest BCUT2D eigenvalue weighted by Crippen LogP contribution is -2.42. The minimum atomic E-state index is -4.47. The molecule has 0 aliphatic carbocycles. The number of aromatic nitrogens is 4. The van der Waals surface area contributed by atoms with Crippen molar-refractivity contribution < 1.29 is 27.5 Å². The van der Waals surface area contributed by atoms with Crippen LogP contribution in [0, 0.1) is 11.8 Å². The number of hydrogen-bond donors (Lipinski definition) is 1.